The summed E-state index contributed by atoms with van der Waals surface area (Å²) in [4.78, 5) is 20.7. The number of aromatic nitrogens is 1. The summed E-state index contributed by atoms with van der Waals surface area (Å²) in [6.45, 7) is 3.31. The van der Waals surface area contributed by atoms with Crippen molar-refractivity contribution in [2.75, 3.05) is 26.7 Å². The van der Waals surface area contributed by atoms with Crippen molar-refractivity contribution >= 4 is 5.91 Å². The van der Waals surface area contributed by atoms with Gasteiger partial charge in [0.05, 0.1) is 22.8 Å². The number of halogens is 2. The van der Waals surface area contributed by atoms with Gasteiger partial charge in [0.25, 0.3) is 0 Å². The zero-order chi connectivity index (χ0) is 25.8. The van der Waals surface area contributed by atoms with E-state index >= 15 is 0 Å². The molecule has 0 radical (unpaired) electrons. The Morgan fingerprint density at radius 3 is 2.65 bits per heavy atom. The number of aryl methyl sites for hydroxylation is 1. The highest BCUT2D eigenvalue weighted by Gasteiger charge is 2.67. The molecule has 37 heavy (non-hydrogen) atoms. The molecule has 0 spiro atoms. The van der Waals surface area contributed by atoms with Crippen LogP contribution < -0.4 is 5.32 Å². The smallest absolute Gasteiger partial charge is 0.223 e. The molecule has 2 aliphatic heterocycles. The zero-order valence-corrected chi connectivity index (χ0v) is 21.3. The largest absolute Gasteiger partial charge is 0.448 e. The predicted octanol–water partition coefficient (Wildman–Crippen LogP) is 4.44. The molecule has 2 aromatic rings. The number of nitrogens with one attached hydrogen (secondary N) is 1. The molecule has 1 aromatic heterocycles. The van der Waals surface area contributed by atoms with E-state index in [1.807, 2.05) is 11.8 Å². The van der Waals surface area contributed by atoms with Gasteiger partial charge in [-0.1, -0.05) is 24.6 Å². The van der Waals surface area contributed by atoms with Crippen LogP contribution in [-0.4, -0.2) is 54.2 Å². The fraction of sp³-hybridized carbons (Fsp3) is 0.517. The van der Waals surface area contributed by atoms with E-state index in [1.165, 1.54) is 12.1 Å². The summed E-state index contributed by atoms with van der Waals surface area (Å²) in [5.74, 6) is -0.828. The number of hydrogen-bond acceptors (Lipinski definition) is 5. The lowest BCUT2D eigenvalue weighted by atomic mass is 9.54. The number of piperidine rings is 1. The number of benzene rings is 1. The molecule has 2 aliphatic carbocycles. The summed E-state index contributed by atoms with van der Waals surface area (Å²) in [5, 5.41) is 3.59. The maximum absolute atomic E-state index is 14.7. The molecule has 8 heteroatoms. The monoisotopic (exact) mass is 509 g/mol. The number of hydrogen-bond donors (Lipinski definition) is 1. The van der Waals surface area contributed by atoms with Crippen LogP contribution in [0.1, 0.15) is 49.3 Å². The van der Waals surface area contributed by atoms with Gasteiger partial charge in [-0.25, -0.2) is 13.8 Å². The van der Waals surface area contributed by atoms with E-state index in [1.54, 1.807) is 13.4 Å². The second-order valence-electron chi connectivity index (χ2n) is 11.0. The Morgan fingerprint density at radius 1 is 1.22 bits per heavy atom. The lowest BCUT2D eigenvalue weighted by Gasteiger charge is -2.58. The number of methoxy groups -OCH3 is 1. The van der Waals surface area contributed by atoms with Gasteiger partial charge in [0.1, 0.15) is 17.9 Å². The van der Waals surface area contributed by atoms with Crippen LogP contribution in [0.15, 0.2) is 52.7 Å². The minimum Gasteiger partial charge on any atom is -0.448 e. The number of carbonyl (C=O) groups excluding carboxylic acids is 1. The number of carbonyl (C=O) groups is 1. The van der Waals surface area contributed by atoms with Crippen molar-refractivity contribution in [3.05, 3.63) is 77.0 Å². The van der Waals surface area contributed by atoms with E-state index < -0.39 is 22.6 Å². The second-order valence-corrected chi connectivity index (χ2v) is 11.0. The third-order valence-electron chi connectivity index (χ3n) is 9.13. The summed E-state index contributed by atoms with van der Waals surface area (Å²) in [7, 11) is 1.70. The van der Waals surface area contributed by atoms with Gasteiger partial charge in [0, 0.05) is 45.1 Å². The van der Waals surface area contributed by atoms with E-state index in [0.29, 0.717) is 36.8 Å². The van der Waals surface area contributed by atoms with Crippen molar-refractivity contribution in [2.45, 2.75) is 56.1 Å². The number of nitrogens with zero attached hydrogens (tertiary/aromatic N) is 2. The molecule has 6 rings (SSSR count). The van der Waals surface area contributed by atoms with Crippen molar-refractivity contribution in [3.8, 4) is 0 Å². The fourth-order valence-electron chi connectivity index (χ4n) is 7.27. The van der Waals surface area contributed by atoms with E-state index in [9.17, 15) is 13.6 Å². The van der Waals surface area contributed by atoms with E-state index in [4.69, 9.17) is 14.1 Å². The minimum absolute atomic E-state index is 0.0118. The predicted molar refractivity (Wildman–Crippen MR) is 134 cm³/mol. The average molecular weight is 510 g/mol. The number of oxazole rings is 1. The highest BCUT2D eigenvalue weighted by molar-refractivity contribution is 5.82. The topological polar surface area (TPSA) is 67.6 Å². The van der Waals surface area contributed by atoms with Gasteiger partial charge >= 0.3 is 0 Å². The van der Waals surface area contributed by atoms with Gasteiger partial charge in [-0.15, -0.1) is 0 Å². The first-order chi connectivity index (χ1) is 17.9. The molecule has 3 fully saturated rings. The maximum atomic E-state index is 14.7. The minimum atomic E-state index is -0.999. The van der Waals surface area contributed by atoms with Crippen LogP contribution in [0.25, 0.3) is 0 Å². The highest BCUT2D eigenvalue weighted by atomic mass is 19.1. The number of fused-ring (bicyclic) bond motifs is 1. The molecular weight excluding hydrogens is 476 g/mol. The molecule has 1 saturated carbocycles. The third kappa shape index (κ3) is 3.79. The standard InChI is InChI=1S/C29H33F2N3O3/c1-18-15-37-27(33-18)28(21-10-22(30)12-23(31)11-21)16-32-17-29(20-6-4-7-20)25(28)13-26(35)34(29)14-19-5-3-8-24(9-19)36-2/h3,5,9-12,15,20,24-25,32H,4,6-8,13-14,16-17H2,1-2H3. The zero-order valence-electron chi connectivity index (χ0n) is 21.3. The molecule has 0 bridgehead atoms. The molecule has 2 saturated heterocycles. The van der Waals surface area contributed by atoms with Crippen LogP contribution in [0.5, 0.6) is 0 Å². The molecule has 4 atom stereocenters. The summed E-state index contributed by atoms with van der Waals surface area (Å²) >= 11 is 0. The van der Waals surface area contributed by atoms with Crippen molar-refractivity contribution in [2.24, 2.45) is 11.8 Å². The van der Waals surface area contributed by atoms with E-state index in [0.717, 1.165) is 37.3 Å². The summed E-state index contributed by atoms with van der Waals surface area (Å²) < 4.78 is 40.9. The highest BCUT2D eigenvalue weighted by Crippen LogP contribution is 2.58. The van der Waals surface area contributed by atoms with Gasteiger partial charge in [0.15, 0.2) is 0 Å². The molecule has 3 heterocycles. The van der Waals surface area contributed by atoms with E-state index in [2.05, 4.69) is 23.5 Å². The Balaban J connectivity index is 1.51. The van der Waals surface area contributed by atoms with Gasteiger partial charge in [0.2, 0.25) is 11.8 Å². The molecule has 6 nitrogen and oxygen atoms in total. The average Bonchev–Trinajstić information content (AvgIpc) is 3.39. The van der Waals surface area contributed by atoms with Crippen molar-refractivity contribution < 1.29 is 22.7 Å². The SMILES string of the molecule is COC1C=C(CN2C(=O)CC3C(c4cc(F)cc(F)c4)(c4nc(C)co4)CNCC32C2CCC2)C=CC1. The molecule has 1 amide bonds. The first-order valence-corrected chi connectivity index (χ1v) is 13.2. The van der Waals surface area contributed by atoms with E-state index in [-0.39, 0.29) is 30.3 Å². The van der Waals surface area contributed by atoms with Crippen LogP contribution in [0.4, 0.5) is 8.78 Å². The Morgan fingerprint density at radius 2 is 2.00 bits per heavy atom. The normalized spacial score (nSPS) is 31.8. The van der Waals surface area contributed by atoms with Crippen LogP contribution in [0.2, 0.25) is 0 Å². The first-order valence-electron chi connectivity index (χ1n) is 13.2. The molecule has 1 N–H and O–H groups in total. The van der Waals surface area contributed by atoms with Gasteiger partial charge < -0.3 is 19.4 Å². The van der Waals surface area contributed by atoms with Crippen molar-refractivity contribution in [3.63, 3.8) is 0 Å². The van der Waals surface area contributed by atoms with Crippen LogP contribution >= 0.6 is 0 Å². The van der Waals surface area contributed by atoms with Crippen molar-refractivity contribution in [1.29, 1.82) is 0 Å². The third-order valence-corrected chi connectivity index (χ3v) is 9.13. The molecule has 4 unspecified atom stereocenters. The Bertz CT molecular complexity index is 1250. The van der Waals surface area contributed by atoms with Crippen LogP contribution in [-0.2, 0) is 14.9 Å². The summed E-state index contributed by atoms with van der Waals surface area (Å²) in [6.07, 6.45) is 12.0. The Labute approximate surface area is 215 Å². The molecular formula is C29H33F2N3O3. The Hall–Kier alpha value is -2.84. The van der Waals surface area contributed by atoms with Gasteiger partial charge in [-0.05, 0) is 55.4 Å². The quantitative estimate of drug-likeness (QED) is 0.624. The first kappa shape index (κ1) is 24.5. The summed E-state index contributed by atoms with van der Waals surface area (Å²) in [6, 6.07) is 3.64. The number of rotatable bonds is 6. The molecule has 196 valence electrons. The maximum Gasteiger partial charge on any atom is 0.223 e. The van der Waals surface area contributed by atoms with Crippen molar-refractivity contribution in [1.82, 2.24) is 15.2 Å². The van der Waals surface area contributed by atoms with Crippen LogP contribution in [0.3, 0.4) is 0 Å². The van der Waals surface area contributed by atoms with Gasteiger partial charge in [-0.2, -0.15) is 0 Å². The Kier molecular flexibility index (Phi) is 6.07. The summed E-state index contributed by atoms with van der Waals surface area (Å²) in [5.41, 5.74) is 0.661. The van der Waals surface area contributed by atoms with Gasteiger partial charge in [-0.3, -0.25) is 4.79 Å². The number of ether oxygens (including phenoxy) is 1. The lowest BCUT2D eigenvalue weighted by molar-refractivity contribution is -0.134. The molecule has 4 aliphatic rings. The number of amides is 1. The lowest BCUT2D eigenvalue weighted by Crippen LogP contribution is -2.70. The second kappa shape index (κ2) is 9.17. The molecule has 1 aromatic carbocycles. The van der Waals surface area contributed by atoms with Crippen LogP contribution in [0, 0.1) is 30.4 Å². The number of likely N-dealkylation sites (tertiary alicyclic amines) is 1. The fourth-order valence-corrected chi connectivity index (χ4v) is 7.27.